The summed E-state index contributed by atoms with van der Waals surface area (Å²) in [5.74, 6) is 1.48. The van der Waals surface area contributed by atoms with Gasteiger partial charge in [-0.25, -0.2) is 0 Å². The Morgan fingerprint density at radius 2 is 2.07 bits per heavy atom. The minimum atomic E-state index is -0.668. The van der Waals surface area contributed by atoms with Gasteiger partial charge in [0.15, 0.2) is 5.96 Å². The number of thiophene rings is 1. The molecule has 1 unspecified atom stereocenters. The Kier molecular flexibility index (Phi) is 11.4. The molecule has 5 nitrogen and oxygen atoms in total. The molecule has 3 N–H and O–H groups in total. The third-order valence-electron chi connectivity index (χ3n) is 3.67. The maximum atomic E-state index is 10.5. The molecule has 0 aliphatic carbocycles. The van der Waals surface area contributed by atoms with Gasteiger partial charge in [-0.1, -0.05) is 12.1 Å². The molecule has 1 atom stereocenters. The van der Waals surface area contributed by atoms with Crippen LogP contribution in [-0.4, -0.2) is 36.8 Å². The van der Waals surface area contributed by atoms with Crippen molar-refractivity contribution in [3.63, 3.8) is 0 Å². The van der Waals surface area contributed by atoms with Gasteiger partial charge >= 0.3 is 0 Å². The Labute approximate surface area is 183 Å². The normalized spacial score (nSPS) is 12.4. The van der Waals surface area contributed by atoms with Crippen LogP contribution in [0, 0.1) is 0 Å². The topological polar surface area (TPSA) is 65.9 Å². The van der Waals surface area contributed by atoms with Gasteiger partial charge in [-0.05, 0) is 67.3 Å². The van der Waals surface area contributed by atoms with Crippen LogP contribution in [-0.2, 0) is 6.42 Å². The maximum absolute atomic E-state index is 10.5. The molecule has 0 fully saturated rings. The Balaban J connectivity index is 0.00000364. The molecular formula is C20H30IN3O2S. The van der Waals surface area contributed by atoms with Crippen LogP contribution in [0.1, 0.15) is 38.0 Å². The highest BCUT2D eigenvalue weighted by Gasteiger charge is 2.09. The number of nitrogens with zero attached hydrogens (tertiary/aromatic N) is 1. The molecule has 0 aliphatic rings. The Morgan fingerprint density at radius 1 is 1.26 bits per heavy atom. The minimum absolute atomic E-state index is 0. The highest BCUT2D eigenvalue weighted by molar-refractivity contribution is 14.0. The smallest absolute Gasteiger partial charge is 0.191 e. The molecule has 2 aromatic rings. The summed E-state index contributed by atoms with van der Waals surface area (Å²) in [5, 5.41) is 21.2. The number of halogens is 1. The monoisotopic (exact) mass is 503 g/mol. The van der Waals surface area contributed by atoms with Crippen molar-refractivity contribution >= 4 is 41.3 Å². The summed E-state index contributed by atoms with van der Waals surface area (Å²) < 4.78 is 5.69. The van der Waals surface area contributed by atoms with E-state index in [1.807, 2.05) is 45.0 Å². The third kappa shape index (κ3) is 8.94. The lowest BCUT2D eigenvalue weighted by molar-refractivity contribution is 0.185. The van der Waals surface area contributed by atoms with Gasteiger partial charge in [0.2, 0.25) is 0 Å². The van der Waals surface area contributed by atoms with E-state index in [2.05, 4.69) is 32.5 Å². The van der Waals surface area contributed by atoms with E-state index in [1.54, 1.807) is 11.3 Å². The van der Waals surface area contributed by atoms with E-state index in [9.17, 15) is 5.11 Å². The van der Waals surface area contributed by atoms with Crippen LogP contribution in [0.15, 0.2) is 46.1 Å². The van der Waals surface area contributed by atoms with Crippen molar-refractivity contribution in [2.75, 3.05) is 19.6 Å². The minimum Gasteiger partial charge on any atom is -0.491 e. The van der Waals surface area contributed by atoms with Crippen LogP contribution in [0.4, 0.5) is 0 Å². The fourth-order valence-corrected chi connectivity index (χ4v) is 3.16. The molecule has 0 spiro atoms. The van der Waals surface area contributed by atoms with Crippen LogP contribution in [0.5, 0.6) is 5.75 Å². The lowest BCUT2D eigenvalue weighted by atomic mass is 10.1. The highest BCUT2D eigenvalue weighted by Crippen LogP contribution is 2.20. The zero-order valence-corrected chi connectivity index (χ0v) is 19.3. The molecule has 27 heavy (non-hydrogen) atoms. The summed E-state index contributed by atoms with van der Waals surface area (Å²) in [6, 6.07) is 9.69. The van der Waals surface area contributed by atoms with Crippen molar-refractivity contribution < 1.29 is 9.84 Å². The van der Waals surface area contributed by atoms with Crippen LogP contribution in [0.25, 0.3) is 0 Å². The van der Waals surface area contributed by atoms with Gasteiger partial charge in [-0.3, -0.25) is 4.99 Å². The Hall–Kier alpha value is -1.32. The van der Waals surface area contributed by atoms with Crippen LogP contribution in [0.2, 0.25) is 0 Å². The van der Waals surface area contributed by atoms with Crippen molar-refractivity contribution in [3.8, 4) is 5.75 Å². The molecule has 1 heterocycles. The predicted octanol–water partition coefficient (Wildman–Crippen LogP) is 3.98. The lowest BCUT2D eigenvalue weighted by Crippen LogP contribution is -2.38. The molecule has 0 radical (unpaired) electrons. The summed E-state index contributed by atoms with van der Waals surface area (Å²) in [6.45, 7) is 7.86. The van der Waals surface area contributed by atoms with Crippen molar-refractivity contribution in [2.45, 2.75) is 39.4 Å². The number of ether oxygens (including phenoxy) is 1. The molecule has 0 aliphatic heterocycles. The Morgan fingerprint density at radius 3 is 2.74 bits per heavy atom. The quantitative estimate of drug-likeness (QED) is 0.275. The van der Waals surface area contributed by atoms with Crippen molar-refractivity contribution in [2.24, 2.45) is 4.99 Å². The SMILES string of the molecule is CCNC(=NCC(O)c1cccc(OC(C)C)c1)NCCc1ccsc1.I. The molecule has 2 rings (SSSR count). The predicted molar refractivity (Wildman–Crippen MR) is 125 cm³/mol. The molecule has 0 saturated carbocycles. The van der Waals surface area contributed by atoms with Gasteiger partial charge in [-0.2, -0.15) is 11.3 Å². The van der Waals surface area contributed by atoms with Crippen LogP contribution >= 0.6 is 35.3 Å². The van der Waals surface area contributed by atoms with E-state index in [1.165, 1.54) is 5.56 Å². The van der Waals surface area contributed by atoms with Gasteiger partial charge in [0.25, 0.3) is 0 Å². The van der Waals surface area contributed by atoms with Crippen molar-refractivity contribution in [1.29, 1.82) is 0 Å². The van der Waals surface area contributed by atoms with E-state index in [0.717, 1.165) is 36.8 Å². The molecule has 1 aromatic heterocycles. The fraction of sp³-hybridized carbons (Fsp3) is 0.450. The van der Waals surface area contributed by atoms with E-state index in [-0.39, 0.29) is 30.1 Å². The zero-order chi connectivity index (χ0) is 18.8. The number of nitrogens with one attached hydrogen (secondary N) is 2. The fourth-order valence-electron chi connectivity index (χ4n) is 2.45. The first kappa shape index (κ1) is 23.7. The van der Waals surface area contributed by atoms with E-state index in [0.29, 0.717) is 6.54 Å². The molecule has 0 amide bonds. The summed E-state index contributed by atoms with van der Waals surface area (Å²) in [7, 11) is 0. The second kappa shape index (κ2) is 13.0. The Bertz CT molecular complexity index is 678. The summed E-state index contributed by atoms with van der Waals surface area (Å²) in [6.07, 6.45) is 0.386. The number of rotatable bonds is 9. The first-order valence-corrected chi connectivity index (χ1v) is 10.0. The maximum Gasteiger partial charge on any atom is 0.191 e. The zero-order valence-electron chi connectivity index (χ0n) is 16.1. The van der Waals surface area contributed by atoms with Crippen molar-refractivity contribution in [3.05, 3.63) is 52.2 Å². The number of hydrogen-bond donors (Lipinski definition) is 3. The highest BCUT2D eigenvalue weighted by atomic mass is 127. The van der Waals surface area contributed by atoms with E-state index >= 15 is 0 Å². The largest absolute Gasteiger partial charge is 0.491 e. The van der Waals surface area contributed by atoms with Gasteiger partial charge in [0.1, 0.15) is 5.75 Å². The molecule has 0 saturated heterocycles. The first-order chi connectivity index (χ1) is 12.6. The first-order valence-electron chi connectivity index (χ1n) is 9.06. The van der Waals surface area contributed by atoms with E-state index < -0.39 is 6.10 Å². The molecule has 0 bridgehead atoms. The molecular weight excluding hydrogens is 473 g/mol. The average Bonchev–Trinajstić information content (AvgIpc) is 3.12. The second-order valence-corrected chi connectivity index (χ2v) is 7.06. The van der Waals surface area contributed by atoms with Gasteiger partial charge < -0.3 is 20.5 Å². The van der Waals surface area contributed by atoms with Gasteiger partial charge in [0, 0.05) is 13.1 Å². The third-order valence-corrected chi connectivity index (χ3v) is 4.40. The molecule has 150 valence electrons. The van der Waals surface area contributed by atoms with Crippen LogP contribution in [0.3, 0.4) is 0 Å². The van der Waals surface area contributed by atoms with Crippen LogP contribution < -0.4 is 15.4 Å². The number of aliphatic imine (C=N–C) groups is 1. The van der Waals surface area contributed by atoms with E-state index in [4.69, 9.17) is 4.74 Å². The number of aliphatic hydroxyl groups is 1. The number of hydrogen-bond acceptors (Lipinski definition) is 4. The van der Waals surface area contributed by atoms with Gasteiger partial charge in [0.05, 0.1) is 18.8 Å². The average molecular weight is 503 g/mol. The number of benzene rings is 1. The lowest BCUT2D eigenvalue weighted by Gasteiger charge is -2.15. The summed E-state index contributed by atoms with van der Waals surface area (Å²) in [4.78, 5) is 4.51. The number of guanidine groups is 1. The standard InChI is InChI=1S/C20H29N3O2S.HI/c1-4-21-20(22-10-8-16-9-11-26-14-16)23-13-19(24)17-6-5-7-18(12-17)25-15(2)3;/h5-7,9,11-12,14-15,19,24H,4,8,10,13H2,1-3H3,(H2,21,22,23);1H. The summed E-state index contributed by atoms with van der Waals surface area (Å²) >= 11 is 1.71. The van der Waals surface area contributed by atoms with Gasteiger partial charge in [-0.15, -0.1) is 24.0 Å². The molecule has 7 heteroatoms. The molecule has 1 aromatic carbocycles. The van der Waals surface area contributed by atoms with Crippen molar-refractivity contribution in [1.82, 2.24) is 10.6 Å². The second-order valence-electron chi connectivity index (χ2n) is 6.28. The number of aliphatic hydroxyl groups excluding tert-OH is 1. The summed E-state index contributed by atoms with van der Waals surface area (Å²) in [5.41, 5.74) is 2.13.